The summed E-state index contributed by atoms with van der Waals surface area (Å²) in [5, 5.41) is 0. The number of unbranched alkanes of at least 4 members (excludes halogenated alkanes) is 6. The number of carbonyl (C=O) groups excluding carboxylic acids is 1. The summed E-state index contributed by atoms with van der Waals surface area (Å²) >= 11 is 0. The van der Waals surface area contributed by atoms with Crippen molar-refractivity contribution in [1.29, 1.82) is 0 Å². The molecule has 0 saturated carbocycles. The molecule has 0 aromatic heterocycles. The van der Waals surface area contributed by atoms with E-state index in [1.165, 1.54) is 39.2 Å². The second-order valence-electron chi connectivity index (χ2n) is 3.35. The van der Waals surface area contributed by atoms with Crippen LogP contribution in [0.25, 0.3) is 0 Å². The van der Waals surface area contributed by atoms with Crippen molar-refractivity contribution < 1.29 is 14.3 Å². The molecular weight excluding hydrogens is 192 g/mol. The molecule has 0 aliphatic carbocycles. The van der Waals surface area contributed by atoms with Crippen LogP contribution in [0.5, 0.6) is 0 Å². The Morgan fingerprint density at radius 1 is 1.13 bits per heavy atom. The Morgan fingerprint density at radius 2 is 1.80 bits per heavy atom. The molecular formula is C12H20O3. The lowest BCUT2D eigenvalue weighted by Crippen LogP contribution is -1.98. The SMILES string of the molecule is CCCCCCCCC#COC(=O)OC. The summed E-state index contributed by atoms with van der Waals surface area (Å²) in [5.41, 5.74) is 0. The Labute approximate surface area is 92.1 Å². The minimum Gasteiger partial charge on any atom is -0.437 e. The number of ether oxygens (including phenoxy) is 2. The molecule has 0 saturated heterocycles. The van der Waals surface area contributed by atoms with E-state index in [0.29, 0.717) is 0 Å². The molecule has 15 heavy (non-hydrogen) atoms. The quantitative estimate of drug-likeness (QED) is 0.384. The van der Waals surface area contributed by atoms with Crippen LogP contribution in [-0.2, 0) is 9.47 Å². The average molecular weight is 212 g/mol. The molecule has 0 aromatic rings. The first-order valence-corrected chi connectivity index (χ1v) is 5.54. The minimum atomic E-state index is -0.745. The highest BCUT2D eigenvalue weighted by Gasteiger charge is 1.94. The third-order valence-electron chi connectivity index (χ3n) is 2.03. The Kier molecular flexibility index (Phi) is 10.1. The van der Waals surface area contributed by atoms with Crippen molar-refractivity contribution in [2.75, 3.05) is 7.11 Å². The molecule has 0 aliphatic rings. The average Bonchev–Trinajstić information content (AvgIpc) is 2.26. The van der Waals surface area contributed by atoms with Gasteiger partial charge in [0.1, 0.15) is 6.11 Å². The van der Waals surface area contributed by atoms with Gasteiger partial charge in [-0.15, -0.1) is 0 Å². The Morgan fingerprint density at radius 3 is 2.47 bits per heavy atom. The van der Waals surface area contributed by atoms with Gasteiger partial charge < -0.3 is 9.47 Å². The lowest BCUT2D eigenvalue weighted by Gasteiger charge is -1.96. The molecule has 0 rings (SSSR count). The molecule has 86 valence electrons. The standard InChI is InChI=1S/C12H20O3/c1-3-4-5-6-7-8-9-10-11-15-12(13)14-2/h3-9H2,1-2H3. The second kappa shape index (κ2) is 10.9. The molecule has 0 aromatic carbocycles. The summed E-state index contributed by atoms with van der Waals surface area (Å²) in [6.07, 6.45) is 9.79. The first-order chi connectivity index (χ1) is 7.31. The van der Waals surface area contributed by atoms with Gasteiger partial charge in [-0.2, -0.15) is 0 Å². The lowest BCUT2D eigenvalue weighted by molar-refractivity contribution is 0.112. The van der Waals surface area contributed by atoms with E-state index in [1.54, 1.807) is 0 Å². The summed E-state index contributed by atoms with van der Waals surface area (Å²) < 4.78 is 8.67. The van der Waals surface area contributed by atoms with E-state index in [0.717, 1.165) is 12.8 Å². The van der Waals surface area contributed by atoms with Crippen molar-refractivity contribution in [2.24, 2.45) is 0 Å². The van der Waals surface area contributed by atoms with Gasteiger partial charge in [0.25, 0.3) is 0 Å². The van der Waals surface area contributed by atoms with E-state index in [4.69, 9.17) is 0 Å². The van der Waals surface area contributed by atoms with E-state index in [2.05, 4.69) is 28.4 Å². The van der Waals surface area contributed by atoms with Gasteiger partial charge >= 0.3 is 6.16 Å². The zero-order valence-corrected chi connectivity index (χ0v) is 9.67. The van der Waals surface area contributed by atoms with E-state index < -0.39 is 6.16 Å². The van der Waals surface area contributed by atoms with Crippen LogP contribution in [-0.4, -0.2) is 13.3 Å². The van der Waals surface area contributed by atoms with Crippen molar-refractivity contribution in [3.8, 4) is 12.0 Å². The summed E-state index contributed by atoms with van der Waals surface area (Å²) in [5.74, 6) is 2.77. The smallest absolute Gasteiger partial charge is 0.437 e. The van der Waals surface area contributed by atoms with E-state index in [1.807, 2.05) is 0 Å². The van der Waals surface area contributed by atoms with Gasteiger partial charge in [-0.05, 0) is 6.42 Å². The number of hydrogen-bond acceptors (Lipinski definition) is 3. The maximum atomic E-state index is 10.5. The van der Waals surface area contributed by atoms with E-state index in [9.17, 15) is 4.79 Å². The minimum absolute atomic E-state index is 0.745. The monoisotopic (exact) mass is 212 g/mol. The van der Waals surface area contributed by atoms with Crippen molar-refractivity contribution in [1.82, 2.24) is 0 Å². The highest BCUT2D eigenvalue weighted by molar-refractivity contribution is 5.60. The van der Waals surface area contributed by atoms with Crippen LogP contribution in [0, 0.1) is 12.0 Å². The molecule has 0 amide bonds. The molecule has 0 fully saturated rings. The fourth-order valence-electron chi connectivity index (χ4n) is 1.16. The van der Waals surface area contributed by atoms with Crippen molar-refractivity contribution in [3.63, 3.8) is 0 Å². The highest BCUT2D eigenvalue weighted by Crippen LogP contribution is 2.05. The predicted octanol–water partition coefficient (Wildman–Crippen LogP) is 3.48. The van der Waals surface area contributed by atoms with Crippen LogP contribution < -0.4 is 0 Å². The van der Waals surface area contributed by atoms with Gasteiger partial charge in [0, 0.05) is 6.42 Å². The van der Waals surface area contributed by atoms with E-state index in [-0.39, 0.29) is 0 Å². The fourth-order valence-corrected chi connectivity index (χ4v) is 1.16. The maximum Gasteiger partial charge on any atom is 0.522 e. The van der Waals surface area contributed by atoms with Crippen LogP contribution in [0.4, 0.5) is 4.79 Å². The molecule has 0 atom stereocenters. The van der Waals surface area contributed by atoms with Crippen molar-refractivity contribution in [2.45, 2.75) is 51.9 Å². The zero-order valence-electron chi connectivity index (χ0n) is 9.67. The molecule has 3 nitrogen and oxygen atoms in total. The normalized spacial score (nSPS) is 8.93. The predicted molar refractivity (Wildman–Crippen MR) is 59.3 cm³/mol. The van der Waals surface area contributed by atoms with Gasteiger partial charge in [-0.1, -0.05) is 44.9 Å². The maximum absolute atomic E-state index is 10.5. The molecule has 0 unspecified atom stereocenters. The number of rotatable bonds is 6. The largest absolute Gasteiger partial charge is 0.522 e. The fraction of sp³-hybridized carbons (Fsp3) is 0.750. The molecule has 0 spiro atoms. The van der Waals surface area contributed by atoms with Crippen LogP contribution in [0.2, 0.25) is 0 Å². The molecule has 0 radical (unpaired) electrons. The molecule has 0 aliphatic heterocycles. The third-order valence-corrected chi connectivity index (χ3v) is 2.03. The van der Waals surface area contributed by atoms with Crippen LogP contribution >= 0.6 is 0 Å². The van der Waals surface area contributed by atoms with Gasteiger partial charge in [0.15, 0.2) is 0 Å². The number of carbonyl (C=O) groups is 1. The first kappa shape index (κ1) is 13.8. The molecule has 0 bridgehead atoms. The summed E-state index contributed by atoms with van der Waals surface area (Å²) in [6, 6.07) is 0. The van der Waals surface area contributed by atoms with E-state index >= 15 is 0 Å². The van der Waals surface area contributed by atoms with Gasteiger partial charge in [-0.25, -0.2) is 4.79 Å². The summed E-state index contributed by atoms with van der Waals surface area (Å²) in [4.78, 5) is 10.5. The third kappa shape index (κ3) is 10.8. The second-order valence-corrected chi connectivity index (χ2v) is 3.35. The summed E-state index contributed by atoms with van der Waals surface area (Å²) in [6.45, 7) is 2.20. The number of hydrogen-bond donors (Lipinski definition) is 0. The van der Waals surface area contributed by atoms with Gasteiger partial charge in [-0.3, -0.25) is 0 Å². The molecule has 0 heterocycles. The highest BCUT2D eigenvalue weighted by atomic mass is 16.7. The van der Waals surface area contributed by atoms with Crippen LogP contribution in [0.3, 0.4) is 0 Å². The zero-order chi connectivity index (χ0) is 11.4. The Bertz CT molecular complexity index is 213. The number of methoxy groups -OCH3 is 1. The molecule has 0 N–H and O–H groups in total. The van der Waals surface area contributed by atoms with Gasteiger partial charge in [0.05, 0.1) is 7.11 Å². The van der Waals surface area contributed by atoms with Crippen LogP contribution in [0.15, 0.2) is 0 Å². The van der Waals surface area contributed by atoms with Gasteiger partial charge in [0.2, 0.25) is 0 Å². The summed E-state index contributed by atoms with van der Waals surface area (Å²) in [7, 11) is 1.26. The first-order valence-electron chi connectivity index (χ1n) is 5.54. The molecule has 3 heteroatoms. The van der Waals surface area contributed by atoms with Crippen LogP contribution in [0.1, 0.15) is 51.9 Å². The van der Waals surface area contributed by atoms with Crippen molar-refractivity contribution in [3.05, 3.63) is 0 Å². The lowest BCUT2D eigenvalue weighted by atomic mass is 10.1. The Balaban J connectivity index is 3.19. The topological polar surface area (TPSA) is 35.5 Å². The van der Waals surface area contributed by atoms with Crippen molar-refractivity contribution >= 4 is 6.16 Å². The Hall–Kier alpha value is -1.17.